The molecule has 0 aromatic carbocycles. The average Bonchev–Trinajstić information content (AvgIpc) is 2.95. The lowest BCUT2D eigenvalue weighted by molar-refractivity contribution is -0.142. The number of hydrogen-bond acceptors (Lipinski definition) is 6. The SMILES string of the molecule is CC/C=C/C(=O)OCC(=O)Nc1sc(C(C)C)cc1C(=O)OCC. The summed E-state index contributed by atoms with van der Waals surface area (Å²) in [5.41, 5.74) is 0.316. The number of ether oxygens (including phenoxy) is 2. The van der Waals surface area contributed by atoms with Crippen molar-refractivity contribution in [3.63, 3.8) is 0 Å². The fourth-order valence-corrected chi connectivity index (χ4v) is 2.77. The number of rotatable bonds is 8. The van der Waals surface area contributed by atoms with Gasteiger partial charge in [-0.1, -0.05) is 26.8 Å². The van der Waals surface area contributed by atoms with Crippen LogP contribution in [0, 0.1) is 0 Å². The van der Waals surface area contributed by atoms with E-state index < -0.39 is 24.5 Å². The first-order valence-electron chi connectivity index (χ1n) is 7.82. The summed E-state index contributed by atoms with van der Waals surface area (Å²) >= 11 is 1.31. The maximum absolute atomic E-state index is 12.0. The quantitative estimate of drug-likeness (QED) is 0.571. The zero-order valence-electron chi connectivity index (χ0n) is 14.4. The van der Waals surface area contributed by atoms with Crippen LogP contribution in [0.4, 0.5) is 5.00 Å². The predicted octanol–water partition coefficient (Wildman–Crippen LogP) is 3.50. The van der Waals surface area contributed by atoms with Crippen molar-refractivity contribution in [2.24, 2.45) is 0 Å². The first-order valence-corrected chi connectivity index (χ1v) is 8.64. The average molecular weight is 353 g/mol. The van der Waals surface area contributed by atoms with Crippen LogP contribution in [0.3, 0.4) is 0 Å². The van der Waals surface area contributed by atoms with Crippen molar-refractivity contribution in [1.29, 1.82) is 0 Å². The van der Waals surface area contributed by atoms with E-state index in [1.165, 1.54) is 17.4 Å². The molecule has 0 bridgehead atoms. The Morgan fingerprint density at radius 1 is 1.25 bits per heavy atom. The number of esters is 2. The summed E-state index contributed by atoms with van der Waals surface area (Å²) in [5, 5.41) is 3.02. The van der Waals surface area contributed by atoms with E-state index in [9.17, 15) is 14.4 Å². The molecule has 0 spiro atoms. The highest BCUT2D eigenvalue weighted by Crippen LogP contribution is 2.33. The minimum atomic E-state index is -0.577. The number of thiophene rings is 1. The molecule has 24 heavy (non-hydrogen) atoms. The third kappa shape index (κ3) is 6.16. The highest BCUT2D eigenvalue weighted by molar-refractivity contribution is 7.16. The molecule has 1 heterocycles. The van der Waals surface area contributed by atoms with Crippen LogP contribution in [0.25, 0.3) is 0 Å². The number of hydrogen-bond donors (Lipinski definition) is 1. The summed E-state index contributed by atoms with van der Waals surface area (Å²) in [4.78, 5) is 36.3. The van der Waals surface area contributed by atoms with Crippen molar-refractivity contribution >= 4 is 34.2 Å². The fraction of sp³-hybridized carbons (Fsp3) is 0.471. The minimum absolute atomic E-state index is 0.214. The van der Waals surface area contributed by atoms with Gasteiger partial charge in [0.05, 0.1) is 12.2 Å². The molecule has 1 aromatic rings. The van der Waals surface area contributed by atoms with Crippen LogP contribution in [0.15, 0.2) is 18.2 Å². The third-order valence-electron chi connectivity index (χ3n) is 2.90. The van der Waals surface area contributed by atoms with E-state index in [0.29, 0.717) is 17.0 Å². The Bertz CT molecular complexity index is 618. The molecule has 0 aliphatic heterocycles. The molecule has 0 unspecified atom stereocenters. The van der Waals surface area contributed by atoms with E-state index in [2.05, 4.69) is 5.32 Å². The van der Waals surface area contributed by atoms with Gasteiger partial charge in [-0.3, -0.25) is 4.79 Å². The highest BCUT2D eigenvalue weighted by Gasteiger charge is 2.20. The van der Waals surface area contributed by atoms with E-state index >= 15 is 0 Å². The summed E-state index contributed by atoms with van der Waals surface area (Å²) < 4.78 is 9.84. The number of carbonyl (C=O) groups excluding carboxylic acids is 3. The molecule has 1 amide bonds. The number of anilines is 1. The van der Waals surface area contributed by atoms with Gasteiger partial charge in [0, 0.05) is 11.0 Å². The highest BCUT2D eigenvalue weighted by atomic mass is 32.1. The van der Waals surface area contributed by atoms with E-state index in [-0.39, 0.29) is 12.5 Å². The normalized spacial score (nSPS) is 10.9. The van der Waals surface area contributed by atoms with E-state index in [4.69, 9.17) is 9.47 Å². The monoisotopic (exact) mass is 353 g/mol. The fourth-order valence-electron chi connectivity index (χ4n) is 1.71. The second-order valence-electron chi connectivity index (χ2n) is 5.23. The third-order valence-corrected chi connectivity index (χ3v) is 4.25. The Balaban J connectivity index is 2.77. The van der Waals surface area contributed by atoms with Crippen LogP contribution in [-0.2, 0) is 19.1 Å². The largest absolute Gasteiger partial charge is 0.462 e. The second kappa shape index (κ2) is 9.87. The molecule has 1 rings (SSSR count). The van der Waals surface area contributed by atoms with Gasteiger partial charge in [-0.25, -0.2) is 9.59 Å². The van der Waals surface area contributed by atoms with E-state index in [1.54, 1.807) is 19.1 Å². The molecule has 132 valence electrons. The Labute approximate surface area is 145 Å². The maximum Gasteiger partial charge on any atom is 0.341 e. The first kappa shape index (κ1) is 19.9. The van der Waals surface area contributed by atoms with Gasteiger partial charge in [0.15, 0.2) is 6.61 Å². The number of amides is 1. The van der Waals surface area contributed by atoms with Crippen LogP contribution in [-0.4, -0.2) is 31.1 Å². The Hall–Kier alpha value is -2.15. The molecule has 0 aliphatic rings. The van der Waals surface area contributed by atoms with Gasteiger partial charge in [0.2, 0.25) is 0 Å². The standard InChI is InChI=1S/C17H23NO5S/c1-5-7-8-15(20)23-10-14(19)18-16-12(17(21)22-6-2)9-13(24-16)11(3)4/h7-9,11H,5-6,10H2,1-4H3,(H,18,19)/b8-7+. The number of allylic oxidation sites excluding steroid dienone is 1. The van der Waals surface area contributed by atoms with Crippen LogP contribution < -0.4 is 5.32 Å². The zero-order chi connectivity index (χ0) is 18.1. The maximum atomic E-state index is 12.0. The molecule has 1 aromatic heterocycles. The summed E-state index contributed by atoms with van der Waals surface area (Å²) in [6.45, 7) is 7.43. The van der Waals surface area contributed by atoms with Gasteiger partial charge in [0.1, 0.15) is 5.00 Å². The van der Waals surface area contributed by atoms with Crippen molar-refractivity contribution in [3.05, 3.63) is 28.7 Å². The molecule has 0 saturated carbocycles. The summed E-state index contributed by atoms with van der Waals surface area (Å²) in [5.74, 6) is -1.35. The summed E-state index contributed by atoms with van der Waals surface area (Å²) in [7, 11) is 0. The van der Waals surface area contributed by atoms with Gasteiger partial charge in [0.25, 0.3) is 5.91 Å². The summed E-state index contributed by atoms with van der Waals surface area (Å²) in [6, 6.07) is 1.72. The van der Waals surface area contributed by atoms with Gasteiger partial charge in [-0.15, -0.1) is 11.3 Å². The van der Waals surface area contributed by atoms with Crippen LogP contribution in [0.1, 0.15) is 55.3 Å². The van der Waals surface area contributed by atoms with Gasteiger partial charge in [-0.05, 0) is 25.3 Å². The van der Waals surface area contributed by atoms with Crippen molar-refractivity contribution in [1.82, 2.24) is 0 Å². The lowest BCUT2D eigenvalue weighted by Gasteiger charge is -2.06. The number of carbonyl (C=O) groups is 3. The number of nitrogens with one attached hydrogen (secondary N) is 1. The molecule has 1 N–H and O–H groups in total. The molecular weight excluding hydrogens is 330 g/mol. The Morgan fingerprint density at radius 2 is 1.96 bits per heavy atom. The van der Waals surface area contributed by atoms with E-state index in [0.717, 1.165) is 4.88 Å². The van der Waals surface area contributed by atoms with Crippen molar-refractivity contribution in [3.8, 4) is 0 Å². The van der Waals surface area contributed by atoms with Crippen LogP contribution in [0.2, 0.25) is 0 Å². The molecule has 0 fully saturated rings. The van der Waals surface area contributed by atoms with Crippen molar-refractivity contribution in [2.75, 3.05) is 18.5 Å². The molecule has 0 aliphatic carbocycles. The Kier molecular flexibility index (Phi) is 8.18. The van der Waals surface area contributed by atoms with Crippen LogP contribution in [0.5, 0.6) is 0 Å². The lowest BCUT2D eigenvalue weighted by Crippen LogP contribution is -2.21. The second-order valence-corrected chi connectivity index (χ2v) is 6.32. The first-order chi connectivity index (χ1) is 11.4. The zero-order valence-corrected chi connectivity index (χ0v) is 15.2. The molecule has 6 nitrogen and oxygen atoms in total. The molecule has 0 atom stereocenters. The minimum Gasteiger partial charge on any atom is -0.462 e. The molecule has 7 heteroatoms. The molecular formula is C17H23NO5S. The van der Waals surface area contributed by atoms with E-state index in [1.807, 2.05) is 20.8 Å². The Morgan fingerprint density at radius 3 is 2.54 bits per heavy atom. The predicted molar refractivity (Wildman–Crippen MR) is 93.4 cm³/mol. The van der Waals surface area contributed by atoms with Gasteiger partial charge < -0.3 is 14.8 Å². The van der Waals surface area contributed by atoms with Crippen molar-refractivity contribution in [2.45, 2.75) is 40.0 Å². The van der Waals surface area contributed by atoms with Crippen molar-refractivity contribution < 1.29 is 23.9 Å². The topological polar surface area (TPSA) is 81.7 Å². The summed E-state index contributed by atoms with van der Waals surface area (Å²) in [6.07, 6.45) is 3.63. The van der Waals surface area contributed by atoms with Gasteiger partial charge >= 0.3 is 11.9 Å². The smallest absolute Gasteiger partial charge is 0.341 e. The molecule has 0 radical (unpaired) electrons. The lowest BCUT2D eigenvalue weighted by atomic mass is 10.1. The van der Waals surface area contributed by atoms with Gasteiger partial charge in [-0.2, -0.15) is 0 Å². The van der Waals surface area contributed by atoms with Crippen LogP contribution >= 0.6 is 11.3 Å². The molecule has 0 saturated heterocycles.